The third-order valence-electron chi connectivity index (χ3n) is 3.04. The number of aromatic nitrogens is 3. The van der Waals surface area contributed by atoms with Crippen LogP contribution in [0.15, 0.2) is 40.9 Å². The molecule has 0 atom stereocenters. The third kappa shape index (κ3) is 2.17. The molecule has 3 aromatic heterocycles. The van der Waals surface area contributed by atoms with E-state index in [4.69, 9.17) is 9.15 Å². The number of para-hydroxylation sites is 1. The van der Waals surface area contributed by atoms with Crippen molar-refractivity contribution in [3.63, 3.8) is 0 Å². The van der Waals surface area contributed by atoms with Gasteiger partial charge in [-0.3, -0.25) is 0 Å². The molecule has 5 nitrogen and oxygen atoms in total. The van der Waals surface area contributed by atoms with Crippen LogP contribution in [0, 0.1) is 0 Å². The zero-order valence-corrected chi connectivity index (χ0v) is 12.4. The van der Waals surface area contributed by atoms with E-state index >= 15 is 0 Å². The molecule has 4 rings (SSSR count). The SMILES string of the molecule is CC(C)Oc1nn2cc(-c3cc4ccccc4o3)nc2s1. The number of nitrogens with zero attached hydrogens (tertiary/aromatic N) is 3. The van der Waals surface area contributed by atoms with Gasteiger partial charge in [0.25, 0.3) is 5.19 Å². The number of benzene rings is 1. The van der Waals surface area contributed by atoms with Crippen molar-refractivity contribution in [1.82, 2.24) is 14.6 Å². The molecule has 3 heterocycles. The van der Waals surface area contributed by atoms with Gasteiger partial charge in [-0.25, -0.2) is 9.50 Å². The van der Waals surface area contributed by atoms with E-state index in [1.165, 1.54) is 11.3 Å². The lowest BCUT2D eigenvalue weighted by Crippen LogP contribution is -2.05. The van der Waals surface area contributed by atoms with Gasteiger partial charge in [-0.05, 0) is 37.3 Å². The summed E-state index contributed by atoms with van der Waals surface area (Å²) < 4.78 is 13.1. The average Bonchev–Trinajstić information content (AvgIpc) is 3.08. The van der Waals surface area contributed by atoms with E-state index in [2.05, 4.69) is 10.1 Å². The Morgan fingerprint density at radius 2 is 2.14 bits per heavy atom. The molecule has 0 aliphatic rings. The van der Waals surface area contributed by atoms with Gasteiger partial charge in [0.15, 0.2) is 5.76 Å². The van der Waals surface area contributed by atoms with Crippen LogP contribution in [0.25, 0.3) is 27.4 Å². The van der Waals surface area contributed by atoms with Crippen molar-refractivity contribution in [2.24, 2.45) is 0 Å². The smallest absolute Gasteiger partial charge is 0.294 e. The number of furan rings is 1. The molecule has 0 N–H and O–H groups in total. The molecular weight excluding hydrogens is 286 g/mol. The summed E-state index contributed by atoms with van der Waals surface area (Å²) >= 11 is 1.42. The van der Waals surface area contributed by atoms with Gasteiger partial charge in [0.2, 0.25) is 4.96 Å². The van der Waals surface area contributed by atoms with Crippen LogP contribution in [0.2, 0.25) is 0 Å². The molecule has 4 aromatic rings. The zero-order valence-electron chi connectivity index (χ0n) is 11.6. The van der Waals surface area contributed by atoms with Crippen molar-refractivity contribution in [2.75, 3.05) is 0 Å². The summed E-state index contributed by atoms with van der Waals surface area (Å²) in [4.78, 5) is 5.34. The highest BCUT2D eigenvalue weighted by molar-refractivity contribution is 7.18. The highest BCUT2D eigenvalue weighted by Crippen LogP contribution is 2.29. The molecule has 0 bridgehead atoms. The predicted octanol–water partition coefficient (Wildman–Crippen LogP) is 3.99. The van der Waals surface area contributed by atoms with Crippen LogP contribution in [0.3, 0.4) is 0 Å². The Morgan fingerprint density at radius 3 is 2.90 bits per heavy atom. The van der Waals surface area contributed by atoms with Gasteiger partial charge in [-0.15, -0.1) is 5.10 Å². The van der Waals surface area contributed by atoms with E-state index in [9.17, 15) is 0 Å². The second-order valence-corrected chi connectivity index (χ2v) is 5.95. The van der Waals surface area contributed by atoms with Crippen LogP contribution >= 0.6 is 11.3 Å². The Balaban J connectivity index is 1.74. The summed E-state index contributed by atoms with van der Waals surface area (Å²) in [6.07, 6.45) is 1.96. The van der Waals surface area contributed by atoms with Crippen molar-refractivity contribution >= 4 is 27.3 Å². The highest BCUT2D eigenvalue weighted by atomic mass is 32.1. The van der Waals surface area contributed by atoms with E-state index in [1.54, 1.807) is 4.52 Å². The second-order valence-electron chi connectivity index (χ2n) is 5.04. The fraction of sp³-hybridized carbons (Fsp3) is 0.200. The van der Waals surface area contributed by atoms with E-state index in [0.717, 1.165) is 27.4 Å². The maximum Gasteiger partial charge on any atom is 0.294 e. The summed E-state index contributed by atoms with van der Waals surface area (Å²) in [5.74, 6) is 0.750. The summed E-state index contributed by atoms with van der Waals surface area (Å²) in [6.45, 7) is 3.95. The molecule has 0 aliphatic heterocycles. The first-order valence-corrected chi connectivity index (χ1v) is 7.52. The summed E-state index contributed by atoms with van der Waals surface area (Å²) in [7, 11) is 0. The normalized spacial score (nSPS) is 11.8. The van der Waals surface area contributed by atoms with Crippen molar-refractivity contribution in [3.8, 4) is 16.6 Å². The van der Waals surface area contributed by atoms with E-state index < -0.39 is 0 Å². The van der Waals surface area contributed by atoms with Crippen molar-refractivity contribution in [1.29, 1.82) is 0 Å². The number of hydrogen-bond donors (Lipinski definition) is 0. The number of fused-ring (bicyclic) bond motifs is 2. The van der Waals surface area contributed by atoms with Gasteiger partial charge in [-0.1, -0.05) is 18.2 Å². The lowest BCUT2D eigenvalue weighted by molar-refractivity contribution is 0.238. The Kier molecular flexibility index (Phi) is 2.71. The molecular formula is C15H13N3O2S. The second kappa shape index (κ2) is 4.60. The average molecular weight is 299 g/mol. The van der Waals surface area contributed by atoms with Crippen LogP contribution in [0.1, 0.15) is 13.8 Å². The molecule has 106 valence electrons. The predicted molar refractivity (Wildman–Crippen MR) is 81.8 cm³/mol. The molecule has 0 aliphatic carbocycles. The fourth-order valence-corrected chi connectivity index (χ4v) is 3.01. The lowest BCUT2D eigenvalue weighted by atomic mass is 10.2. The van der Waals surface area contributed by atoms with Crippen molar-refractivity contribution in [3.05, 3.63) is 36.5 Å². The quantitative estimate of drug-likeness (QED) is 0.574. The van der Waals surface area contributed by atoms with E-state index in [-0.39, 0.29) is 6.10 Å². The Hall–Kier alpha value is -2.34. The van der Waals surface area contributed by atoms with Crippen molar-refractivity contribution < 1.29 is 9.15 Å². The Bertz CT molecular complexity index is 855. The zero-order chi connectivity index (χ0) is 14.4. The van der Waals surface area contributed by atoms with Gasteiger partial charge in [0.05, 0.1) is 12.3 Å². The lowest BCUT2D eigenvalue weighted by Gasteiger charge is -2.02. The topological polar surface area (TPSA) is 52.6 Å². The van der Waals surface area contributed by atoms with Crippen LogP contribution in [0.4, 0.5) is 0 Å². The van der Waals surface area contributed by atoms with Gasteiger partial charge < -0.3 is 9.15 Å². The fourth-order valence-electron chi connectivity index (χ4n) is 2.16. The molecule has 1 aromatic carbocycles. The van der Waals surface area contributed by atoms with Gasteiger partial charge in [0, 0.05) is 5.39 Å². The minimum atomic E-state index is 0.107. The highest BCUT2D eigenvalue weighted by Gasteiger charge is 2.14. The molecule has 0 saturated carbocycles. The van der Waals surface area contributed by atoms with Crippen LogP contribution in [-0.2, 0) is 0 Å². The minimum absolute atomic E-state index is 0.107. The molecule has 6 heteroatoms. The van der Waals surface area contributed by atoms with E-state index in [0.29, 0.717) is 5.19 Å². The third-order valence-corrected chi connectivity index (χ3v) is 3.85. The molecule has 0 unspecified atom stereocenters. The number of ether oxygens (including phenoxy) is 1. The molecule has 0 radical (unpaired) electrons. The number of imidazole rings is 1. The first kappa shape index (κ1) is 12.4. The number of hydrogen-bond acceptors (Lipinski definition) is 5. The maximum absolute atomic E-state index is 5.82. The molecule has 21 heavy (non-hydrogen) atoms. The first-order chi connectivity index (χ1) is 10.2. The summed E-state index contributed by atoms with van der Waals surface area (Å²) in [6, 6.07) is 9.91. The Labute approximate surface area is 124 Å². The van der Waals surface area contributed by atoms with Gasteiger partial charge in [0.1, 0.15) is 11.3 Å². The van der Waals surface area contributed by atoms with Gasteiger partial charge >= 0.3 is 0 Å². The largest absolute Gasteiger partial charge is 0.466 e. The van der Waals surface area contributed by atoms with Crippen LogP contribution in [0.5, 0.6) is 5.19 Å². The van der Waals surface area contributed by atoms with Crippen LogP contribution in [-0.4, -0.2) is 20.7 Å². The standard InChI is InChI=1S/C15H13N3O2S/c1-9(2)19-15-17-18-8-11(16-14(18)21-15)13-7-10-5-3-4-6-12(10)20-13/h3-9H,1-2H3. The summed E-state index contributed by atoms with van der Waals surface area (Å²) in [5.41, 5.74) is 1.64. The van der Waals surface area contributed by atoms with Crippen molar-refractivity contribution in [2.45, 2.75) is 20.0 Å². The first-order valence-electron chi connectivity index (χ1n) is 6.71. The molecule has 0 saturated heterocycles. The summed E-state index contributed by atoms with van der Waals surface area (Å²) in [5, 5.41) is 6.06. The van der Waals surface area contributed by atoms with E-state index in [1.807, 2.05) is 50.4 Å². The molecule has 0 amide bonds. The number of rotatable bonds is 3. The molecule has 0 fully saturated rings. The maximum atomic E-state index is 5.82. The molecule has 0 spiro atoms. The Morgan fingerprint density at radius 1 is 1.29 bits per heavy atom. The van der Waals surface area contributed by atoms with Gasteiger partial charge in [-0.2, -0.15) is 0 Å². The minimum Gasteiger partial charge on any atom is -0.466 e. The van der Waals surface area contributed by atoms with Crippen LogP contribution < -0.4 is 4.74 Å². The monoisotopic (exact) mass is 299 g/mol.